The molecule has 0 fully saturated rings. The third-order valence-corrected chi connectivity index (χ3v) is 5.10. The number of hydrogen-bond acceptors (Lipinski definition) is 6. The number of carbonyl (C=O) groups is 1. The van der Waals surface area contributed by atoms with Crippen LogP contribution >= 0.6 is 0 Å². The molecule has 0 unspecified atom stereocenters. The molecule has 0 saturated carbocycles. The topological polar surface area (TPSA) is 111 Å². The summed E-state index contributed by atoms with van der Waals surface area (Å²) in [7, 11) is -6.04. The van der Waals surface area contributed by atoms with Gasteiger partial charge in [0.1, 0.15) is 0 Å². The van der Waals surface area contributed by atoms with Gasteiger partial charge in [-0.1, -0.05) is 26.0 Å². The molecule has 0 spiro atoms. The van der Waals surface area contributed by atoms with Gasteiger partial charge < -0.3 is 9.29 Å². The van der Waals surface area contributed by atoms with Crippen LogP contribution in [0.1, 0.15) is 41.4 Å². The van der Waals surface area contributed by atoms with Crippen LogP contribution in [0, 0.1) is 6.92 Å². The van der Waals surface area contributed by atoms with Crippen LogP contribution in [0.15, 0.2) is 30.3 Å². The van der Waals surface area contributed by atoms with Crippen LogP contribution in [-0.4, -0.2) is 39.8 Å². The van der Waals surface area contributed by atoms with Crippen molar-refractivity contribution in [1.82, 2.24) is 14.8 Å². The second-order valence-electron chi connectivity index (χ2n) is 6.79. The smallest absolute Gasteiger partial charge is 0.478 e. The van der Waals surface area contributed by atoms with Gasteiger partial charge in [0.15, 0.2) is 5.65 Å². The molecule has 2 aromatic heterocycles. The molecule has 0 aliphatic carbocycles. The Bertz CT molecular complexity index is 1250. The van der Waals surface area contributed by atoms with Crippen LogP contribution in [-0.2, 0) is 10.1 Å². The number of pyridine rings is 1. The summed E-state index contributed by atoms with van der Waals surface area (Å²) in [6.07, 6.45) is 0. The lowest BCUT2D eigenvalue weighted by Crippen LogP contribution is -2.28. The number of hydrogen-bond donors (Lipinski definition) is 1. The van der Waals surface area contributed by atoms with Crippen molar-refractivity contribution in [2.24, 2.45) is 0 Å². The third kappa shape index (κ3) is 3.82. The Kier molecular flexibility index (Phi) is 5.23. The fourth-order valence-electron chi connectivity index (χ4n) is 2.83. The van der Waals surface area contributed by atoms with Crippen LogP contribution < -0.4 is 4.18 Å². The molecule has 0 atom stereocenters. The van der Waals surface area contributed by atoms with E-state index in [-0.39, 0.29) is 17.0 Å². The fraction of sp³-hybridized carbons (Fsp3) is 0.278. The van der Waals surface area contributed by atoms with E-state index >= 15 is 0 Å². The number of carboxylic acids is 1. The van der Waals surface area contributed by atoms with Crippen LogP contribution in [0.2, 0.25) is 0 Å². The number of aryl methyl sites for hydroxylation is 1. The monoisotopic (exact) mass is 443 g/mol. The molecule has 30 heavy (non-hydrogen) atoms. The number of nitrogens with zero attached hydrogens (tertiary/aromatic N) is 3. The zero-order chi connectivity index (χ0) is 22.4. The van der Waals surface area contributed by atoms with Gasteiger partial charge in [0.2, 0.25) is 5.88 Å². The summed E-state index contributed by atoms with van der Waals surface area (Å²) in [5, 5.41) is 14.1. The maximum Gasteiger partial charge on any atom is 0.534 e. The summed E-state index contributed by atoms with van der Waals surface area (Å²) >= 11 is 0. The molecule has 3 rings (SSSR count). The predicted molar refractivity (Wildman–Crippen MR) is 100 cm³/mol. The van der Waals surface area contributed by atoms with Gasteiger partial charge in [-0.25, -0.2) is 9.48 Å². The van der Waals surface area contributed by atoms with Crippen LogP contribution in [0.5, 0.6) is 5.88 Å². The van der Waals surface area contributed by atoms with Gasteiger partial charge in [0, 0.05) is 6.07 Å². The molecule has 0 aliphatic heterocycles. The van der Waals surface area contributed by atoms with Crippen molar-refractivity contribution in [3.05, 3.63) is 47.2 Å². The van der Waals surface area contributed by atoms with E-state index in [2.05, 4.69) is 14.3 Å². The summed E-state index contributed by atoms with van der Waals surface area (Å²) in [5.41, 5.74) is -4.68. The van der Waals surface area contributed by atoms with Crippen molar-refractivity contribution >= 4 is 27.1 Å². The highest BCUT2D eigenvalue weighted by molar-refractivity contribution is 7.87. The first-order valence-corrected chi connectivity index (χ1v) is 9.97. The summed E-state index contributed by atoms with van der Waals surface area (Å²) in [6.45, 7) is 5.32. The molecule has 1 N–H and O–H groups in total. The quantitative estimate of drug-likeness (QED) is 0.472. The summed E-state index contributed by atoms with van der Waals surface area (Å²) in [4.78, 5) is 15.7. The number of fused-ring (bicyclic) bond motifs is 1. The first-order valence-electron chi connectivity index (χ1n) is 8.56. The number of benzene rings is 1. The van der Waals surface area contributed by atoms with Crippen molar-refractivity contribution in [3.8, 4) is 11.6 Å². The largest absolute Gasteiger partial charge is 0.534 e. The Morgan fingerprint density at radius 2 is 1.90 bits per heavy atom. The maximum atomic E-state index is 12.7. The lowest BCUT2D eigenvalue weighted by Gasteiger charge is -2.10. The first-order chi connectivity index (χ1) is 13.8. The highest BCUT2D eigenvalue weighted by Crippen LogP contribution is 2.33. The number of aromatic carboxylic acids is 1. The Morgan fingerprint density at radius 1 is 1.23 bits per heavy atom. The van der Waals surface area contributed by atoms with Crippen molar-refractivity contribution in [2.75, 3.05) is 0 Å². The molecule has 3 aromatic rings. The molecular formula is C18H16F3N3O5S. The molecule has 160 valence electrons. The Hall–Kier alpha value is -3.15. The maximum absolute atomic E-state index is 12.7. The molecule has 12 heteroatoms. The number of alkyl halides is 3. The highest BCUT2D eigenvalue weighted by atomic mass is 32.2. The van der Waals surface area contributed by atoms with E-state index < -0.39 is 33.0 Å². The summed E-state index contributed by atoms with van der Waals surface area (Å²) < 4.78 is 66.3. The SMILES string of the molecule is Cc1cccc(-n2nc(C(C)C)c3c(C(=O)O)cc(OS(=O)(=O)C(F)(F)F)nc32)c1. The number of carboxylic acid groups (broad SMARTS) is 1. The number of aromatic nitrogens is 3. The average Bonchev–Trinajstić information content (AvgIpc) is 2.99. The van der Waals surface area contributed by atoms with Crippen molar-refractivity contribution in [2.45, 2.75) is 32.2 Å². The Balaban J connectivity index is 2.36. The van der Waals surface area contributed by atoms with Crippen LogP contribution in [0.25, 0.3) is 16.7 Å². The molecule has 0 saturated heterocycles. The minimum absolute atomic E-state index is 0.0794. The normalized spacial score (nSPS) is 12.5. The lowest BCUT2D eigenvalue weighted by molar-refractivity contribution is -0.0501. The predicted octanol–water partition coefficient (Wildman–Crippen LogP) is 3.78. The van der Waals surface area contributed by atoms with E-state index in [1.807, 2.05) is 0 Å². The zero-order valence-corrected chi connectivity index (χ0v) is 16.7. The molecule has 1 aromatic carbocycles. The van der Waals surface area contributed by atoms with E-state index in [1.165, 1.54) is 4.68 Å². The standard InChI is InChI=1S/C18H16F3N3O5S/c1-9(2)15-14-12(17(25)26)8-13(29-30(27,28)18(19,20)21)22-16(14)24(23-15)11-6-4-5-10(3)7-11/h4-9H,1-3H3,(H,25,26). The van der Waals surface area contributed by atoms with E-state index in [1.54, 1.807) is 45.0 Å². The Morgan fingerprint density at radius 3 is 2.43 bits per heavy atom. The summed E-state index contributed by atoms with van der Waals surface area (Å²) in [5.74, 6) is -2.78. The number of rotatable bonds is 5. The molecule has 0 radical (unpaired) electrons. The van der Waals surface area contributed by atoms with E-state index in [0.29, 0.717) is 17.4 Å². The Labute approximate surface area is 169 Å². The molecule has 2 heterocycles. The number of halogens is 3. The molecule has 0 amide bonds. The van der Waals surface area contributed by atoms with Gasteiger partial charge in [-0.15, -0.1) is 0 Å². The van der Waals surface area contributed by atoms with Gasteiger partial charge in [-0.05, 0) is 30.5 Å². The minimum Gasteiger partial charge on any atom is -0.478 e. The van der Waals surface area contributed by atoms with Crippen molar-refractivity contribution in [3.63, 3.8) is 0 Å². The van der Waals surface area contributed by atoms with Crippen LogP contribution in [0.3, 0.4) is 0 Å². The second kappa shape index (κ2) is 7.27. The van der Waals surface area contributed by atoms with E-state index in [0.717, 1.165) is 5.56 Å². The van der Waals surface area contributed by atoms with E-state index in [4.69, 9.17) is 0 Å². The van der Waals surface area contributed by atoms with E-state index in [9.17, 15) is 31.5 Å². The highest BCUT2D eigenvalue weighted by Gasteiger charge is 2.49. The zero-order valence-electron chi connectivity index (χ0n) is 15.9. The molecule has 0 bridgehead atoms. The van der Waals surface area contributed by atoms with Crippen molar-refractivity contribution in [1.29, 1.82) is 0 Å². The van der Waals surface area contributed by atoms with Gasteiger partial charge in [0.25, 0.3) is 0 Å². The second-order valence-corrected chi connectivity index (χ2v) is 8.32. The van der Waals surface area contributed by atoms with Crippen LogP contribution in [0.4, 0.5) is 13.2 Å². The van der Waals surface area contributed by atoms with Gasteiger partial charge in [-0.2, -0.15) is 31.7 Å². The molecule has 0 aliphatic rings. The molecule has 8 nitrogen and oxygen atoms in total. The average molecular weight is 443 g/mol. The first kappa shape index (κ1) is 21.6. The minimum atomic E-state index is -6.04. The van der Waals surface area contributed by atoms with Gasteiger partial charge in [-0.3, -0.25) is 0 Å². The fourth-order valence-corrected chi connectivity index (χ4v) is 3.24. The third-order valence-electron chi connectivity index (χ3n) is 4.14. The summed E-state index contributed by atoms with van der Waals surface area (Å²) in [6, 6.07) is 7.51. The molecular weight excluding hydrogens is 427 g/mol. The lowest BCUT2D eigenvalue weighted by atomic mass is 10.0. The van der Waals surface area contributed by atoms with Crippen molar-refractivity contribution < 1.29 is 35.7 Å². The van der Waals surface area contributed by atoms with Gasteiger partial charge in [0.05, 0.1) is 22.3 Å². The van der Waals surface area contributed by atoms with Gasteiger partial charge >= 0.3 is 21.6 Å².